The maximum atomic E-state index is 13.2. The molecule has 2 aromatic carbocycles. The fraction of sp³-hybridized carbons (Fsp3) is 0.111. The Morgan fingerprint density at radius 3 is 2.60 bits per heavy atom. The maximum Gasteiger partial charge on any atom is 0.296 e. The second-order valence-electron chi connectivity index (χ2n) is 5.24. The number of hydrogen-bond donors (Lipinski definition) is 2. The third-order valence-electron chi connectivity index (χ3n) is 3.75. The summed E-state index contributed by atoms with van der Waals surface area (Å²) >= 11 is 0. The minimum Gasteiger partial charge on any atom is -0.497 e. The third-order valence-corrected chi connectivity index (χ3v) is 3.75. The van der Waals surface area contributed by atoms with Gasteiger partial charge in [0.2, 0.25) is 0 Å². The molecule has 1 aromatic heterocycles. The molecular weight excluding hydrogens is 327 g/mol. The number of Topliss-reactive ketones (excluding diaryl/α,β-unsaturated/α-hetero) is 1. The molecule has 3 aromatic rings. The second-order valence-corrected chi connectivity index (χ2v) is 5.24. The second kappa shape index (κ2) is 6.64. The van der Waals surface area contributed by atoms with Crippen molar-refractivity contribution in [3.05, 3.63) is 54.0 Å². The summed E-state index contributed by atoms with van der Waals surface area (Å²) in [6.07, 6.45) is 1.39. The van der Waals surface area contributed by atoms with Crippen molar-refractivity contribution in [1.29, 1.82) is 0 Å². The molecule has 3 rings (SSSR count). The van der Waals surface area contributed by atoms with Crippen molar-refractivity contribution in [2.24, 2.45) is 0 Å². The maximum absolute atomic E-state index is 13.2. The van der Waals surface area contributed by atoms with E-state index in [1.54, 1.807) is 18.2 Å². The summed E-state index contributed by atoms with van der Waals surface area (Å²) in [6, 6.07) is 8.75. The van der Waals surface area contributed by atoms with Crippen molar-refractivity contribution in [2.75, 3.05) is 19.5 Å². The van der Waals surface area contributed by atoms with E-state index in [1.807, 2.05) is 0 Å². The van der Waals surface area contributed by atoms with Crippen LogP contribution in [0.4, 0.5) is 10.1 Å². The van der Waals surface area contributed by atoms with Crippen LogP contribution < -0.4 is 14.8 Å². The van der Waals surface area contributed by atoms with Crippen molar-refractivity contribution in [2.45, 2.75) is 0 Å². The number of nitrogens with one attached hydrogen (secondary N) is 2. The van der Waals surface area contributed by atoms with Crippen molar-refractivity contribution < 1.29 is 23.5 Å². The number of methoxy groups -OCH3 is 2. The van der Waals surface area contributed by atoms with Crippen LogP contribution in [0.25, 0.3) is 10.9 Å². The predicted molar refractivity (Wildman–Crippen MR) is 90.8 cm³/mol. The van der Waals surface area contributed by atoms with E-state index < -0.39 is 17.5 Å². The molecule has 0 atom stereocenters. The van der Waals surface area contributed by atoms with Crippen LogP contribution in [0.3, 0.4) is 0 Å². The van der Waals surface area contributed by atoms with Gasteiger partial charge in [0.25, 0.3) is 11.7 Å². The number of benzene rings is 2. The van der Waals surface area contributed by atoms with E-state index in [4.69, 9.17) is 9.47 Å². The molecule has 0 aliphatic heterocycles. The molecule has 0 saturated carbocycles. The number of fused-ring (bicyclic) bond motifs is 1. The van der Waals surface area contributed by atoms with Gasteiger partial charge >= 0.3 is 0 Å². The Balaban J connectivity index is 1.86. The van der Waals surface area contributed by atoms with E-state index in [1.165, 1.54) is 38.6 Å². The lowest BCUT2D eigenvalue weighted by Gasteiger charge is -2.11. The van der Waals surface area contributed by atoms with Gasteiger partial charge in [0.15, 0.2) is 0 Å². The van der Waals surface area contributed by atoms with Crippen molar-refractivity contribution in [3.8, 4) is 11.5 Å². The number of carbonyl (C=O) groups is 2. The number of carbonyl (C=O) groups excluding carboxylic acids is 2. The van der Waals surface area contributed by atoms with E-state index in [2.05, 4.69) is 10.3 Å². The predicted octanol–water partition coefficient (Wildman–Crippen LogP) is 3.15. The fourth-order valence-electron chi connectivity index (χ4n) is 2.49. The number of rotatable bonds is 5. The van der Waals surface area contributed by atoms with Crippen LogP contribution in [-0.4, -0.2) is 30.9 Å². The van der Waals surface area contributed by atoms with Crippen LogP contribution in [0.15, 0.2) is 42.6 Å². The average Bonchev–Trinajstić information content (AvgIpc) is 3.04. The lowest BCUT2D eigenvalue weighted by Crippen LogP contribution is -2.23. The van der Waals surface area contributed by atoms with Gasteiger partial charge in [0.1, 0.15) is 17.3 Å². The van der Waals surface area contributed by atoms with Crippen LogP contribution in [-0.2, 0) is 4.79 Å². The summed E-state index contributed by atoms with van der Waals surface area (Å²) < 4.78 is 23.5. The fourth-order valence-corrected chi connectivity index (χ4v) is 2.49. The molecule has 0 spiro atoms. The SMILES string of the molecule is COc1ccc(NC(=O)C(=O)c2c[nH]c3cc(F)ccc23)c(OC)c1. The van der Waals surface area contributed by atoms with Crippen LogP contribution >= 0.6 is 0 Å². The summed E-state index contributed by atoms with van der Waals surface area (Å²) in [5.74, 6) is -1.08. The first-order valence-corrected chi connectivity index (χ1v) is 7.38. The van der Waals surface area contributed by atoms with Gasteiger partial charge in [0, 0.05) is 23.2 Å². The van der Waals surface area contributed by atoms with Gasteiger partial charge in [0.05, 0.1) is 25.5 Å². The van der Waals surface area contributed by atoms with E-state index in [9.17, 15) is 14.0 Å². The van der Waals surface area contributed by atoms with E-state index in [-0.39, 0.29) is 5.56 Å². The minimum atomic E-state index is -0.825. The van der Waals surface area contributed by atoms with E-state index in [0.29, 0.717) is 28.1 Å². The Hall–Kier alpha value is -3.35. The van der Waals surface area contributed by atoms with Gasteiger partial charge in [-0.1, -0.05) is 0 Å². The number of amides is 1. The van der Waals surface area contributed by atoms with Gasteiger partial charge in [-0.15, -0.1) is 0 Å². The first kappa shape index (κ1) is 16.5. The number of aromatic amines is 1. The molecule has 25 heavy (non-hydrogen) atoms. The number of aromatic nitrogens is 1. The standard InChI is InChI=1S/C18H15FN2O4/c1-24-11-4-6-14(16(8-11)25-2)21-18(23)17(22)13-9-20-15-7-10(19)3-5-12(13)15/h3-9,20H,1-2H3,(H,21,23). The zero-order valence-electron chi connectivity index (χ0n) is 13.6. The van der Waals surface area contributed by atoms with E-state index >= 15 is 0 Å². The number of halogens is 1. The summed E-state index contributed by atoms with van der Waals surface area (Å²) in [7, 11) is 2.96. The molecule has 7 heteroatoms. The third kappa shape index (κ3) is 3.16. The summed E-state index contributed by atoms with van der Waals surface area (Å²) in [5.41, 5.74) is 0.950. The monoisotopic (exact) mass is 342 g/mol. The molecule has 0 bridgehead atoms. The zero-order valence-corrected chi connectivity index (χ0v) is 13.6. The Bertz CT molecular complexity index is 965. The molecule has 1 heterocycles. The minimum absolute atomic E-state index is 0.167. The van der Waals surface area contributed by atoms with Gasteiger partial charge in [-0.05, 0) is 30.3 Å². The van der Waals surface area contributed by atoms with Gasteiger partial charge in [-0.3, -0.25) is 9.59 Å². The quantitative estimate of drug-likeness (QED) is 0.551. The first-order chi connectivity index (χ1) is 12.0. The number of hydrogen-bond acceptors (Lipinski definition) is 4. The Morgan fingerprint density at radius 2 is 1.88 bits per heavy atom. The highest BCUT2D eigenvalue weighted by atomic mass is 19.1. The van der Waals surface area contributed by atoms with Crippen molar-refractivity contribution in [1.82, 2.24) is 4.98 Å². The first-order valence-electron chi connectivity index (χ1n) is 7.38. The Morgan fingerprint density at radius 1 is 1.08 bits per heavy atom. The van der Waals surface area contributed by atoms with Crippen molar-refractivity contribution in [3.63, 3.8) is 0 Å². The van der Waals surface area contributed by atoms with Crippen LogP contribution in [0.5, 0.6) is 11.5 Å². The smallest absolute Gasteiger partial charge is 0.296 e. The van der Waals surface area contributed by atoms with E-state index in [0.717, 1.165) is 0 Å². The Kier molecular flexibility index (Phi) is 4.38. The molecule has 0 unspecified atom stereocenters. The molecule has 2 N–H and O–H groups in total. The highest BCUT2D eigenvalue weighted by molar-refractivity contribution is 6.48. The summed E-state index contributed by atoms with van der Waals surface area (Å²) in [5, 5.41) is 3.00. The van der Waals surface area contributed by atoms with Crippen LogP contribution in [0.1, 0.15) is 10.4 Å². The number of ketones is 1. The molecule has 0 saturated heterocycles. The lowest BCUT2D eigenvalue weighted by molar-refractivity contribution is -0.112. The number of H-pyrrole nitrogens is 1. The zero-order chi connectivity index (χ0) is 18.0. The highest BCUT2D eigenvalue weighted by Gasteiger charge is 2.21. The molecule has 6 nitrogen and oxygen atoms in total. The molecule has 128 valence electrons. The molecule has 1 amide bonds. The lowest BCUT2D eigenvalue weighted by atomic mass is 10.1. The van der Waals surface area contributed by atoms with Gasteiger partial charge in [-0.2, -0.15) is 0 Å². The number of anilines is 1. The Labute approximate surface area is 142 Å². The molecule has 0 aliphatic carbocycles. The average molecular weight is 342 g/mol. The molecule has 0 aliphatic rings. The topological polar surface area (TPSA) is 80.4 Å². The largest absolute Gasteiger partial charge is 0.497 e. The summed E-state index contributed by atoms with van der Waals surface area (Å²) in [6.45, 7) is 0. The van der Waals surface area contributed by atoms with Crippen LogP contribution in [0.2, 0.25) is 0 Å². The van der Waals surface area contributed by atoms with Gasteiger partial charge < -0.3 is 19.8 Å². The molecule has 0 fully saturated rings. The van der Waals surface area contributed by atoms with Crippen molar-refractivity contribution >= 4 is 28.3 Å². The highest BCUT2D eigenvalue weighted by Crippen LogP contribution is 2.29. The van der Waals surface area contributed by atoms with Crippen LogP contribution in [0, 0.1) is 5.82 Å². The molecule has 0 radical (unpaired) electrons. The number of ether oxygens (including phenoxy) is 2. The van der Waals surface area contributed by atoms with Gasteiger partial charge in [-0.25, -0.2) is 4.39 Å². The normalized spacial score (nSPS) is 10.5. The summed E-state index contributed by atoms with van der Waals surface area (Å²) in [4.78, 5) is 27.5. The molecular formula is C18H15FN2O4.